The van der Waals surface area contributed by atoms with Gasteiger partial charge >= 0.3 is 0 Å². The Balaban J connectivity index is 1.36. The van der Waals surface area contributed by atoms with Crippen molar-refractivity contribution in [2.75, 3.05) is 44.7 Å². The second kappa shape index (κ2) is 10.3. The van der Waals surface area contributed by atoms with Crippen molar-refractivity contribution in [1.82, 2.24) is 15.2 Å². The minimum atomic E-state index is -0.241. The van der Waals surface area contributed by atoms with E-state index in [1.807, 2.05) is 13.1 Å². The fourth-order valence-corrected chi connectivity index (χ4v) is 4.23. The van der Waals surface area contributed by atoms with Crippen molar-refractivity contribution in [3.8, 4) is 0 Å². The number of guanidine groups is 1. The molecule has 2 saturated heterocycles. The van der Waals surface area contributed by atoms with Crippen LogP contribution in [0.25, 0.3) is 0 Å². The Kier molecular flexibility index (Phi) is 7.22. The lowest BCUT2D eigenvalue weighted by molar-refractivity contribution is -0.0605. The SMILES string of the molecule is CN=C(NCc1ccc(N2CCOC(C)C2)nc1)N1CC(C)OC(c2ccc(F)cc2)C1. The summed E-state index contributed by atoms with van der Waals surface area (Å²) in [4.78, 5) is 13.6. The summed E-state index contributed by atoms with van der Waals surface area (Å²) in [7, 11) is 1.79. The fourth-order valence-electron chi connectivity index (χ4n) is 4.23. The maximum Gasteiger partial charge on any atom is 0.194 e. The molecule has 32 heavy (non-hydrogen) atoms. The van der Waals surface area contributed by atoms with E-state index in [-0.39, 0.29) is 24.1 Å². The standard InChI is InChI=1S/C24H32FN5O2/c1-17-14-29(10-11-31-17)23-9-4-19(12-27-23)13-28-24(26-3)30-15-18(2)32-22(16-30)20-5-7-21(25)8-6-20/h4-9,12,17-18,22H,10-11,13-16H2,1-3H3,(H,26,28). The molecule has 0 radical (unpaired) electrons. The lowest BCUT2D eigenvalue weighted by Crippen LogP contribution is -2.50. The van der Waals surface area contributed by atoms with Gasteiger partial charge in [-0.25, -0.2) is 9.37 Å². The topological polar surface area (TPSA) is 62.2 Å². The quantitative estimate of drug-likeness (QED) is 0.582. The van der Waals surface area contributed by atoms with Crippen molar-refractivity contribution in [2.24, 2.45) is 4.99 Å². The van der Waals surface area contributed by atoms with Crippen LogP contribution in [0.1, 0.15) is 31.1 Å². The highest BCUT2D eigenvalue weighted by Gasteiger charge is 2.28. The number of morpholine rings is 2. The second-order valence-corrected chi connectivity index (χ2v) is 8.44. The van der Waals surface area contributed by atoms with Crippen LogP contribution >= 0.6 is 0 Å². The number of hydrogen-bond acceptors (Lipinski definition) is 5. The van der Waals surface area contributed by atoms with Crippen molar-refractivity contribution in [3.63, 3.8) is 0 Å². The molecule has 0 aliphatic carbocycles. The number of nitrogens with zero attached hydrogens (tertiary/aromatic N) is 4. The van der Waals surface area contributed by atoms with Crippen LogP contribution in [0.5, 0.6) is 0 Å². The molecule has 2 aliphatic rings. The molecule has 172 valence electrons. The van der Waals surface area contributed by atoms with Gasteiger partial charge in [-0.15, -0.1) is 0 Å². The summed E-state index contributed by atoms with van der Waals surface area (Å²) in [6, 6.07) is 10.7. The molecule has 1 aromatic heterocycles. The maximum absolute atomic E-state index is 13.3. The van der Waals surface area contributed by atoms with Crippen LogP contribution in [0.3, 0.4) is 0 Å². The summed E-state index contributed by atoms with van der Waals surface area (Å²) in [5.74, 6) is 1.56. The van der Waals surface area contributed by atoms with Crippen molar-refractivity contribution in [2.45, 2.75) is 38.7 Å². The average molecular weight is 442 g/mol. The van der Waals surface area contributed by atoms with E-state index >= 15 is 0 Å². The molecule has 7 nitrogen and oxygen atoms in total. The fraction of sp³-hybridized carbons (Fsp3) is 0.500. The molecular formula is C24H32FN5O2. The summed E-state index contributed by atoms with van der Waals surface area (Å²) in [5, 5.41) is 3.45. The molecule has 0 spiro atoms. The van der Waals surface area contributed by atoms with Gasteiger partial charge in [-0.1, -0.05) is 18.2 Å². The first-order valence-electron chi connectivity index (χ1n) is 11.2. The van der Waals surface area contributed by atoms with Crippen LogP contribution in [0.4, 0.5) is 10.2 Å². The van der Waals surface area contributed by atoms with Crippen LogP contribution < -0.4 is 10.2 Å². The highest BCUT2D eigenvalue weighted by molar-refractivity contribution is 5.80. The van der Waals surface area contributed by atoms with E-state index in [1.54, 1.807) is 19.2 Å². The first kappa shape index (κ1) is 22.5. The summed E-state index contributed by atoms with van der Waals surface area (Å²) >= 11 is 0. The van der Waals surface area contributed by atoms with E-state index in [0.717, 1.165) is 49.1 Å². The summed E-state index contributed by atoms with van der Waals surface area (Å²) in [6.07, 6.45) is 2.05. The van der Waals surface area contributed by atoms with Gasteiger partial charge in [0.2, 0.25) is 0 Å². The Morgan fingerprint density at radius 2 is 1.94 bits per heavy atom. The van der Waals surface area contributed by atoms with Gasteiger partial charge in [-0.3, -0.25) is 4.99 Å². The largest absolute Gasteiger partial charge is 0.375 e. The van der Waals surface area contributed by atoms with Gasteiger partial charge in [0.15, 0.2) is 5.96 Å². The van der Waals surface area contributed by atoms with Crippen LogP contribution in [0.2, 0.25) is 0 Å². The van der Waals surface area contributed by atoms with Crippen LogP contribution in [-0.2, 0) is 16.0 Å². The minimum Gasteiger partial charge on any atom is -0.375 e. The number of rotatable bonds is 4. The number of nitrogens with one attached hydrogen (secondary N) is 1. The molecule has 2 fully saturated rings. The third-order valence-electron chi connectivity index (χ3n) is 5.84. The zero-order valence-corrected chi connectivity index (χ0v) is 19.0. The Morgan fingerprint density at radius 1 is 1.12 bits per heavy atom. The smallest absolute Gasteiger partial charge is 0.194 e. The van der Waals surface area contributed by atoms with Gasteiger partial charge in [0.25, 0.3) is 0 Å². The van der Waals surface area contributed by atoms with E-state index in [4.69, 9.17) is 9.47 Å². The number of aromatic nitrogens is 1. The molecule has 3 heterocycles. The van der Waals surface area contributed by atoms with E-state index in [0.29, 0.717) is 13.1 Å². The summed E-state index contributed by atoms with van der Waals surface area (Å²) in [6.45, 7) is 8.62. The van der Waals surface area contributed by atoms with Gasteiger partial charge in [0.05, 0.1) is 25.4 Å². The molecule has 1 N–H and O–H groups in total. The van der Waals surface area contributed by atoms with Gasteiger partial charge in [0.1, 0.15) is 17.7 Å². The second-order valence-electron chi connectivity index (χ2n) is 8.44. The number of anilines is 1. The number of hydrogen-bond donors (Lipinski definition) is 1. The molecule has 0 saturated carbocycles. The highest BCUT2D eigenvalue weighted by atomic mass is 19.1. The van der Waals surface area contributed by atoms with Gasteiger partial charge in [-0.2, -0.15) is 0 Å². The lowest BCUT2D eigenvalue weighted by Gasteiger charge is -2.38. The van der Waals surface area contributed by atoms with Crippen molar-refractivity contribution >= 4 is 11.8 Å². The molecule has 1 aromatic carbocycles. The average Bonchev–Trinajstić information content (AvgIpc) is 2.80. The molecule has 3 atom stereocenters. The van der Waals surface area contributed by atoms with E-state index in [1.165, 1.54) is 12.1 Å². The van der Waals surface area contributed by atoms with Crippen molar-refractivity contribution in [1.29, 1.82) is 0 Å². The molecular weight excluding hydrogens is 409 g/mol. The van der Waals surface area contributed by atoms with Crippen LogP contribution in [-0.4, -0.2) is 67.9 Å². The summed E-state index contributed by atoms with van der Waals surface area (Å²) < 4.78 is 25.0. The summed E-state index contributed by atoms with van der Waals surface area (Å²) in [5.41, 5.74) is 2.06. The van der Waals surface area contributed by atoms with E-state index < -0.39 is 0 Å². The molecule has 0 bridgehead atoms. The predicted molar refractivity (Wildman–Crippen MR) is 123 cm³/mol. The molecule has 2 aromatic rings. The van der Waals surface area contributed by atoms with Crippen molar-refractivity contribution in [3.05, 3.63) is 59.5 Å². The first-order chi connectivity index (χ1) is 15.5. The third kappa shape index (κ3) is 5.55. The monoisotopic (exact) mass is 441 g/mol. The minimum absolute atomic E-state index is 0.0363. The molecule has 3 unspecified atom stereocenters. The van der Waals surface area contributed by atoms with Gasteiger partial charge in [-0.05, 0) is 43.2 Å². The Labute approximate surface area is 189 Å². The zero-order valence-electron chi connectivity index (χ0n) is 19.0. The van der Waals surface area contributed by atoms with E-state index in [2.05, 4.69) is 44.1 Å². The normalized spacial score (nSPS) is 24.5. The zero-order chi connectivity index (χ0) is 22.5. The third-order valence-corrected chi connectivity index (χ3v) is 5.84. The lowest BCUT2D eigenvalue weighted by atomic mass is 10.1. The molecule has 8 heteroatoms. The number of halogens is 1. The number of aliphatic imine (C=N–C) groups is 1. The van der Waals surface area contributed by atoms with E-state index in [9.17, 15) is 4.39 Å². The molecule has 2 aliphatic heterocycles. The van der Waals surface area contributed by atoms with Gasteiger partial charge < -0.3 is 24.6 Å². The number of ether oxygens (including phenoxy) is 2. The first-order valence-corrected chi connectivity index (χ1v) is 11.2. The van der Waals surface area contributed by atoms with Crippen molar-refractivity contribution < 1.29 is 13.9 Å². The Morgan fingerprint density at radius 3 is 2.62 bits per heavy atom. The number of benzene rings is 1. The predicted octanol–water partition coefficient (Wildman–Crippen LogP) is 2.98. The number of pyridine rings is 1. The van der Waals surface area contributed by atoms with Gasteiger partial charge in [0, 0.05) is 39.4 Å². The van der Waals surface area contributed by atoms with Crippen LogP contribution in [0.15, 0.2) is 47.6 Å². The Bertz CT molecular complexity index is 906. The van der Waals surface area contributed by atoms with Crippen LogP contribution in [0, 0.1) is 5.82 Å². The maximum atomic E-state index is 13.3. The highest BCUT2D eigenvalue weighted by Crippen LogP contribution is 2.25. The Hall–Kier alpha value is -2.71. The molecule has 4 rings (SSSR count). The molecule has 0 amide bonds.